The molecular weight excluding hydrogens is 1550 g/mol. The molecule has 0 amide bonds. The quantitative estimate of drug-likeness (QED) is 0.00889. The average molecular weight is 1720 g/mol. The molecule has 20 unspecified atom stereocenters. The van der Waals surface area contributed by atoms with Gasteiger partial charge in [-0.05, 0) is 63.2 Å². The predicted molar refractivity (Wildman–Crippen MR) is 462 cm³/mol. The smallest absolute Gasteiger partial charge is 0.463 e. The Morgan fingerprint density at radius 3 is 1.09 bits per heavy atom. The van der Waals surface area contributed by atoms with Crippen molar-refractivity contribution >= 4 is 31.7 Å². The van der Waals surface area contributed by atoms with Crippen LogP contribution in [0.4, 0.5) is 0 Å². The highest BCUT2D eigenvalue weighted by Crippen LogP contribution is 2.49. The van der Waals surface area contributed by atoms with Crippen molar-refractivity contribution in [1.29, 1.82) is 0 Å². The van der Waals surface area contributed by atoms with Gasteiger partial charge in [0.25, 0.3) is 0 Å². The molecule has 20 atom stereocenters. The number of hydrogen-bond acceptors (Lipinski definition) is 24. The number of carbonyl (C=O) groups excluding carboxylic acids is 4. The lowest BCUT2D eigenvalue weighted by atomic mass is 9.84. The highest BCUT2D eigenvalue weighted by Gasteiger charge is 2.60. The van der Waals surface area contributed by atoms with Gasteiger partial charge in [0.1, 0.15) is 92.6 Å². The van der Waals surface area contributed by atoms with Gasteiger partial charge in [0, 0.05) is 25.7 Å². The maximum Gasteiger partial charge on any atom is 0.472 e. The molecule has 0 bridgehead atoms. The molecule has 10 N–H and O–H groups in total. The Kier molecular flexibility index (Phi) is 65.2. The van der Waals surface area contributed by atoms with Crippen LogP contribution in [-0.2, 0) is 70.7 Å². The molecule has 3 rings (SSSR count). The monoisotopic (exact) mass is 1720 g/mol. The van der Waals surface area contributed by atoms with Gasteiger partial charge in [0.05, 0.1) is 13.2 Å². The molecule has 700 valence electrons. The van der Waals surface area contributed by atoms with Gasteiger partial charge in [-0.25, -0.2) is 4.57 Å². The summed E-state index contributed by atoms with van der Waals surface area (Å²) in [5, 5.41) is 102. The predicted octanol–water partition coefficient (Wildman–Crippen LogP) is 18.0. The molecule has 3 aliphatic rings. The summed E-state index contributed by atoms with van der Waals surface area (Å²) in [4.78, 5) is 66.6. The largest absolute Gasteiger partial charge is 0.472 e. The van der Waals surface area contributed by atoms with Gasteiger partial charge in [0.15, 0.2) is 24.8 Å². The van der Waals surface area contributed by atoms with Crippen LogP contribution in [0.3, 0.4) is 0 Å². The molecule has 25 nitrogen and oxygen atoms in total. The van der Waals surface area contributed by atoms with E-state index in [1.807, 2.05) is 0 Å². The third kappa shape index (κ3) is 51.0. The summed E-state index contributed by atoms with van der Waals surface area (Å²) in [5.41, 5.74) is 0. The first-order chi connectivity index (χ1) is 57.5. The van der Waals surface area contributed by atoms with Gasteiger partial charge in [-0.1, -0.05) is 349 Å². The minimum Gasteiger partial charge on any atom is -0.463 e. The van der Waals surface area contributed by atoms with Crippen molar-refractivity contribution in [3.8, 4) is 0 Å². The highest BCUT2D eigenvalue weighted by molar-refractivity contribution is 7.47. The van der Waals surface area contributed by atoms with Gasteiger partial charge in [-0.15, -0.1) is 0 Å². The molecule has 2 aliphatic heterocycles. The lowest BCUT2D eigenvalue weighted by Crippen LogP contribution is -2.70. The fraction of sp³-hybridized carbons (Fsp3) is 0.935. The van der Waals surface area contributed by atoms with Gasteiger partial charge in [0.2, 0.25) is 0 Å². The minimum absolute atomic E-state index is 0.0157. The number of unbranched alkanes of at least 4 members (excludes halogenated alkanes) is 43. The molecule has 0 radical (unpaired) electrons. The second-order valence-corrected chi connectivity index (χ2v) is 36.5. The zero-order valence-corrected chi connectivity index (χ0v) is 75.9. The SMILES string of the molecule is CCCCCC/C=C\CCCCCCCCCC(=O)OCC(COP(=O)(O)OC1C(OC2OC(CO)C(O)C(O)C2O)C(O)C(O)C(OC(=O)CCCCCCCCCCCCCCC)C1OC1OC(COC(=O)CCCCCCCCC(C)CCCCCCCC)C(O)C(O)C1O)OC(=O)CCCCCCCCC(C)CCCCCCCC. The summed E-state index contributed by atoms with van der Waals surface area (Å²) >= 11 is 0. The van der Waals surface area contributed by atoms with E-state index < -0.39 is 162 Å². The first-order valence-corrected chi connectivity index (χ1v) is 49.7. The summed E-state index contributed by atoms with van der Waals surface area (Å²) in [5.74, 6) is -1.61. The van der Waals surface area contributed by atoms with Crippen LogP contribution < -0.4 is 0 Å². The van der Waals surface area contributed by atoms with Crippen molar-refractivity contribution < 1.29 is 122 Å². The van der Waals surface area contributed by atoms with Crippen molar-refractivity contribution in [2.24, 2.45) is 11.8 Å². The molecule has 0 aromatic heterocycles. The molecule has 0 aromatic rings. The van der Waals surface area contributed by atoms with Crippen LogP contribution in [0.2, 0.25) is 0 Å². The number of phosphoric ester groups is 1. The Bertz CT molecular complexity index is 2550. The molecular formula is C93H173O25P. The molecule has 0 aromatic carbocycles. The molecule has 2 saturated heterocycles. The van der Waals surface area contributed by atoms with Crippen LogP contribution in [0.25, 0.3) is 0 Å². The van der Waals surface area contributed by atoms with Crippen LogP contribution in [0.5, 0.6) is 0 Å². The fourth-order valence-corrected chi connectivity index (χ4v) is 17.2. The number of carbonyl (C=O) groups is 4. The molecule has 119 heavy (non-hydrogen) atoms. The van der Waals surface area contributed by atoms with Crippen LogP contribution in [-0.4, -0.2) is 205 Å². The van der Waals surface area contributed by atoms with Crippen molar-refractivity contribution in [2.75, 3.05) is 26.4 Å². The lowest BCUT2D eigenvalue weighted by molar-refractivity contribution is -0.360. The van der Waals surface area contributed by atoms with Crippen molar-refractivity contribution in [3.63, 3.8) is 0 Å². The molecule has 1 aliphatic carbocycles. The van der Waals surface area contributed by atoms with Crippen LogP contribution in [0, 0.1) is 11.8 Å². The second-order valence-electron chi connectivity index (χ2n) is 35.1. The zero-order chi connectivity index (χ0) is 87.1. The van der Waals surface area contributed by atoms with Crippen molar-refractivity contribution in [3.05, 3.63) is 12.2 Å². The molecule has 26 heteroatoms. The molecule has 3 fully saturated rings. The van der Waals surface area contributed by atoms with E-state index in [0.29, 0.717) is 43.9 Å². The topological polar surface area (TPSA) is 380 Å². The Morgan fingerprint density at radius 1 is 0.353 bits per heavy atom. The second kappa shape index (κ2) is 70.3. The Hall–Kier alpha value is -2.79. The van der Waals surface area contributed by atoms with E-state index in [1.54, 1.807) is 0 Å². The van der Waals surface area contributed by atoms with Crippen LogP contribution in [0.15, 0.2) is 12.2 Å². The fourth-order valence-electron chi connectivity index (χ4n) is 16.2. The number of esters is 4. The van der Waals surface area contributed by atoms with E-state index in [4.69, 9.17) is 46.9 Å². The molecule has 0 spiro atoms. The van der Waals surface area contributed by atoms with Gasteiger partial charge in [-0.3, -0.25) is 28.2 Å². The first kappa shape index (κ1) is 110. The Labute approximate surface area is 718 Å². The number of rotatable bonds is 77. The molecule has 1 saturated carbocycles. The van der Waals surface area contributed by atoms with Crippen molar-refractivity contribution in [2.45, 2.75) is 518 Å². The summed E-state index contributed by atoms with van der Waals surface area (Å²) in [7, 11) is -5.81. The summed E-state index contributed by atoms with van der Waals surface area (Å²) in [6, 6.07) is 0. The maximum atomic E-state index is 14.9. The van der Waals surface area contributed by atoms with E-state index in [1.165, 1.54) is 167 Å². The molecule has 2 heterocycles. The van der Waals surface area contributed by atoms with E-state index >= 15 is 0 Å². The zero-order valence-electron chi connectivity index (χ0n) is 75.0. The first-order valence-electron chi connectivity index (χ1n) is 48.2. The lowest BCUT2D eigenvalue weighted by Gasteiger charge is -2.50. The van der Waals surface area contributed by atoms with E-state index in [0.717, 1.165) is 148 Å². The minimum atomic E-state index is -5.81. The van der Waals surface area contributed by atoms with Crippen molar-refractivity contribution in [1.82, 2.24) is 0 Å². The Balaban J connectivity index is 1.92. The Morgan fingerprint density at radius 2 is 0.681 bits per heavy atom. The van der Waals surface area contributed by atoms with Crippen LogP contribution in [0.1, 0.15) is 414 Å². The number of hydrogen-bond donors (Lipinski definition) is 10. The number of phosphoric acid groups is 1. The third-order valence-corrected chi connectivity index (χ3v) is 25.0. The maximum absolute atomic E-state index is 14.9. The third-order valence-electron chi connectivity index (χ3n) is 24.1. The van der Waals surface area contributed by atoms with Gasteiger partial charge >= 0.3 is 31.7 Å². The normalized spacial score (nSPS) is 25.4. The van der Waals surface area contributed by atoms with E-state index in [9.17, 15) is 74.6 Å². The van der Waals surface area contributed by atoms with E-state index in [-0.39, 0.29) is 25.7 Å². The number of ether oxygens (including phenoxy) is 8. The van der Waals surface area contributed by atoms with Crippen LogP contribution >= 0.6 is 7.82 Å². The standard InChI is InChI=1S/C93H173O25P/c1-7-11-15-19-23-25-27-29-30-32-33-35-37-47-55-63-76(95)109-68-73(112-78(97)65-57-50-42-40-46-54-62-72(6)60-52-44-22-18-14-10-4)69-111-119(107,108)118-91-89(116-92-86(105)82(101)80(99)74(67-94)113-92)85(104)84(103)88(115-79(98)66-58-49-38-36-34-31-28-26-24-20-16-12-8-2)90(91)117-93-87(106)83(102)81(100)75(114-93)70-110-77(96)64-56-48-41-39-45-53-61-71(5)59-51-43-21-17-13-9-3/h25,27,71-75,80-94,99-106H,7-24,26,28-70H2,1-6H3,(H,107,108)/b27-25-. The van der Waals surface area contributed by atoms with Gasteiger partial charge < -0.3 is 88.7 Å². The highest BCUT2D eigenvalue weighted by atomic mass is 31.2. The number of allylic oxidation sites excluding steroid dienone is 2. The number of aliphatic hydroxyl groups excluding tert-OH is 9. The van der Waals surface area contributed by atoms with E-state index in [2.05, 4.69) is 53.7 Å². The van der Waals surface area contributed by atoms with Gasteiger partial charge in [-0.2, -0.15) is 0 Å². The number of aliphatic hydroxyl groups is 9. The average Bonchev–Trinajstić information content (AvgIpc) is 0.754. The summed E-state index contributed by atoms with van der Waals surface area (Å²) < 4.78 is 73.6. The summed E-state index contributed by atoms with van der Waals surface area (Å²) in [6.07, 6.45) is 26.4. The summed E-state index contributed by atoms with van der Waals surface area (Å²) in [6.45, 7) is 10.2.